The molecule has 0 fully saturated rings. The SMILES string of the molecule is CCN(CC)CCn1c(C)cc2c(c1=O)C(c1cccc(OC)c1OC)C(C#N)=C(N)O2. The van der Waals surface area contributed by atoms with Gasteiger partial charge in [0.2, 0.25) is 5.88 Å². The molecule has 32 heavy (non-hydrogen) atoms. The normalized spacial score (nSPS) is 15.2. The Kier molecular flexibility index (Phi) is 7.11. The van der Waals surface area contributed by atoms with E-state index < -0.39 is 5.92 Å². The predicted molar refractivity (Wildman–Crippen MR) is 122 cm³/mol. The summed E-state index contributed by atoms with van der Waals surface area (Å²) in [5.41, 5.74) is 7.83. The fourth-order valence-corrected chi connectivity index (χ4v) is 4.20. The van der Waals surface area contributed by atoms with Gasteiger partial charge in [-0.2, -0.15) is 5.26 Å². The molecular formula is C24H30N4O4. The van der Waals surface area contributed by atoms with Crippen LogP contribution in [0.1, 0.15) is 36.6 Å². The fraction of sp³-hybridized carbons (Fsp3) is 0.417. The number of nitrogens with two attached hydrogens (primary N) is 1. The van der Waals surface area contributed by atoms with Gasteiger partial charge in [0.1, 0.15) is 17.4 Å². The first-order valence-electron chi connectivity index (χ1n) is 10.7. The zero-order valence-corrected chi connectivity index (χ0v) is 19.3. The highest BCUT2D eigenvalue weighted by Crippen LogP contribution is 2.46. The number of benzene rings is 1. The molecule has 2 heterocycles. The first-order valence-corrected chi connectivity index (χ1v) is 10.7. The van der Waals surface area contributed by atoms with Gasteiger partial charge in [0, 0.05) is 30.4 Å². The molecule has 1 aromatic heterocycles. The molecule has 0 spiro atoms. The summed E-state index contributed by atoms with van der Waals surface area (Å²) >= 11 is 0. The lowest BCUT2D eigenvalue weighted by atomic mass is 9.83. The third kappa shape index (κ3) is 4.04. The molecule has 0 saturated carbocycles. The number of methoxy groups -OCH3 is 2. The van der Waals surface area contributed by atoms with E-state index in [1.807, 2.05) is 13.0 Å². The first-order chi connectivity index (χ1) is 15.4. The van der Waals surface area contributed by atoms with Crippen molar-refractivity contribution in [3.63, 3.8) is 0 Å². The van der Waals surface area contributed by atoms with Crippen LogP contribution in [-0.4, -0.2) is 43.3 Å². The second-order valence-electron chi connectivity index (χ2n) is 7.55. The van der Waals surface area contributed by atoms with Crippen molar-refractivity contribution in [2.45, 2.75) is 33.2 Å². The molecule has 2 N–H and O–H groups in total. The third-order valence-corrected chi connectivity index (χ3v) is 5.97. The van der Waals surface area contributed by atoms with Crippen molar-refractivity contribution in [2.24, 2.45) is 5.73 Å². The van der Waals surface area contributed by atoms with Gasteiger partial charge in [0.05, 0.1) is 25.7 Å². The summed E-state index contributed by atoms with van der Waals surface area (Å²) in [5, 5.41) is 9.91. The van der Waals surface area contributed by atoms with E-state index in [1.165, 1.54) is 7.11 Å². The zero-order chi connectivity index (χ0) is 23.4. The molecule has 0 radical (unpaired) electrons. The van der Waals surface area contributed by atoms with Gasteiger partial charge in [-0.05, 0) is 26.1 Å². The molecule has 8 heteroatoms. The Hall–Kier alpha value is -3.44. The first kappa shape index (κ1) is 23.2. The minimum Gasteiger partial charge on any atom is -0.493 e. The smallest absolute Gasteiger partial charge is 0.258 e. The molecule has 1 atom stereocenters. The summed E-state index contributed by atoms with van der Waals surface area (Å²) in [5.74, 6) is 0.556. The number of ether oxygens (including phenoxy) is 3. The predicted octanol–water partition coefficient (Wildman–Crippen LogP) is 2.73. The number of hydrogen-bond donors (Lipinski definition) is 1. The van der Waals surface area contributed by atoms with Crippen LogP contribution in [0, 0.1) is 18.3 Å². The lowest BCUT2D eigenvalue weighted by molar-refractivity contribution is 0.287. The number of aryl methyl sites for hydroxylation is 1. The van der Waals surface area contributed by atoms with Gasteiger partial charge in [0.25, 0.3) is 5.56 Å². The molecule has 0 amide bonds. The van der Waals surface area contributed by atoms with Crippen LogP contribution in [0.25, 0.3) is 0 Å². The maximum absolute atomic E-state index is 13.7. The number of aromatic nitrogens is 1. The van der Waals surface area contributed by atoms with Crippen molar-refractivity contribution in [1.29, 1.82) is 5.26 Å². The Labute approximate surface area is 188 Å². The molecule has 0 bridgehead atoms. The van der Waals surface area contributed by atoms with E-state index in [2.05, 4.69) is 24.8 Å². The van der Waals surface area contributed by atoms with Crippen molar-refractivity contribution in [2.75, 3.05) is 33.9 Å². The van der Waals surface area contributed by atoms with Gasteiger partial charge in [0.15, 0.2) is 11.5 Å². The van der Waals surface area contributed by atoms with Gasteiger partial charge in [-0.25, -0.2) is 0 Å². The summed E-state index contributed by atoms with van der Waals surface area (Å²) in [4.78, 5) is 16.0. The van der Waals surface area contributed by atoms with Gasteiger partial charge in [-0.1, -0.05) is 26.0 Å². The molecule has 170 valence electrons. The Morgan fingerprint density at radius 1 is 1.25 bits per heavy atom. The van der Waals surface area contributed by atoms with Crippen molar-refractivity contribution in [3.05, 3.63) is 62.9 Å². The number of fused-ring (bicyclic) bond motifs is 1. The van der Waals surface area contributed by atoms with Gasteiger partial charge >= 0.3 is 0 Å². The van der Waals surface area contributed by atoms with Crippen molar-refractivity contribution in [3.8, 4) is 23.3 Å². The Balaban J connectivity index is 2.24. The second-order valence-corrected chi connectivity index (χ2v) is 7.55. The standard InChI is InChI=1S/C24H30N4O4/c1-6-27(7-2)11-12-28-15(3)13-19-21(24(28)29)20(17(14-25)23(26)32-19)16-9-8-10-18(30-4)22(16)31-5/h8-10,13,20H,6-7,11-12,26H2,1-5H3. The molecule has 8 nitrogen and oxygen atoms in total. The van der Waals surface area contributed by atoms with E-state index in [4.69, 9.17) is 19.9 Å². The molecular weight excluding hydrogens is 408 g/mol. The average molecular weight is 439 g/mol. The molecule has 1 unspecified atom stereocenters. The van der Waals surface area contributed by atoms with Gasteiger partial charge in [-0.3, -0.25) is 4.79 Å². The monoisotopic (exact) mass is 438 g/mol. The molecule has 1 aliphatic heterocycles. The topological polar surface area (TPSA) is 103 Å². The lowest BCUT2D eigenvalue weighted by Gasteiger charge is -2.29. The highest BCUT2D eigenvalue weighted by molar-refractivity contribution is 5.60. The average Bonchev–Trinajstić information content (AvgIpc) is 2.79. The Morgan fingerprint density at radius 3 is 2.56 bits per heavy atom. The van der Waals surface area contributed by atoms with E-state index in [9.17, 15) is 10.1 Å². The molecule has 1 aromatic carbocycles. The Bertz CT molecular complexity index is 1130. The van der Waals surface area contributed by atoms with Crippen LogP contribution in [-0.2, 0) is 6.54 Å². The quantitative estimate of drug-likeness (QED) is 0.676. The Morgan fingerprint density at radius 2 is 1.97 bits per heavy atom. The van der Waals surface area contributed by atoms with Crippen LogP contribution in [0.4, 0.5) is 0 Å². The number of allylic oxidation sites excluding steroid dienone is 1. The van der Waals surface area contributed by atoms with E-state index >= 15 is 0 Å². The number of para-hydroxylation sites is 1. The minimum absolute atomic E-state index is 0.0189. The third-order valence-electron chi connectivity index (χ3n) is 5.97. The van der Waals surface area contributed by atoms with E-state index in [0.29, 0.717) is 34.9 Å². The van der Waals surface area contributed by atoms with Crippen molar-refractivity contribution < 1.29 is 14.2 Å². The minimum atomic E-state index is -0.735. The summed E-state index contributed by atoms with van der Waals surface area (Å²) in [6.07, 6.45) is 0. The van der Waals surface area contributed by atoms with E-state index in [0.717, 1.165) is 25.3 Å². The van der Waals surface area contributed by atoms with E-state index in [-0.39, 0.29) is 17.0 Å². The highest BCUT2D eigenvalue weighted by Gasteiger charge is 2.36. The fourth-order valence-electron chi connectivity index (χ4n) is 4.20. The number of hydrogen-bond acceptors (Lipinski definition) is 7. The number of nitrogens with zero attached hydrogens (tertiary/aromatic N) is 3. The summed E-state index contributed by atoms with van der Waals surface area (Å²) in [6.45, 7) is 9.13. The van der Waals surface area contributed by atoms with Gasteiger partial charge < -0.3 is 29.4 Å². The zero-order valence-electron chi connectivity index (χ0n) is 19.3. The maximum Gasteiger partial charge on any atom is 0.258 e. The van der Waals surface area contributed by atoms with Crippen LogP contribution >= 0.6 is 0 Å². The molecule has 0 aliphatic carbocycles. The number of nitriles is 1. The van der Waals surface area contributed by atoms with Crippen LogP contribution in [0.5, 0.6) is 17.2 Å². The summed E-state index contributed by atoms with van der Waals surface area (Å²) in [7, 11) is 3.07. The number of likely N-dealkylation sites (N-methyl/N-ethyl adjacent to an activating group) is 1. The molecule has 0 saturated heterocycles. The second kappa shape index (κ2) is 9.79. The van der Waals surface area contributed by atoms with Crippen LogP contribution < -0.4 is 25.5 Å². The summed E-state index contributed by atoms with van der Waals surface area (Å²) in [6, 6.07) is 9.31. The van der Waals surface area contributed by atoms with Crippen molar-refractivity contribution in [1.82, 2.24) is 9.47 Å². The highest BCUT2D eigenvalue weighted by atomic mass is 16.5. The largest absolute Gasteiger partial charge is 0.493 e. The molecule has 2 aromatic rings. The number of pyridine rings is 1. The van der Waals surface area contributed by atoms with E-state index in [1.54, 1.807) is 29.9 Å². The van der Waals surface area contributed by atoms with Gasteiger partial charge in [-0.15, -0.1) is 0 Å². The molecule has 1 aliphatic rings. The lowest BCUT2D eigenvalue weighted by Crippen LogP contribution is -2.36. The summed E-state index contributed by atoms with van der Waals surface area (Å²) < 4.78 is 18.5. The maximum atomic E-state index is 13.7. The number of rotatable bonds is 8. The van der Waals surface area contributed by atoms with Crippen LogP contribution in [0.15, 0.2) is 40.5 Å². The van der Waals surface area contributed by atoms with Crippen LogP contribution in [0.3, 0.4) is 0 Å². The molecule has 3 rings (SSSR count). The van der Waals surface area contributed by atoms with Crippen LogP contribution in [0.2, 0.25) is 0 Å². The van der Waals surface area contributed by atoms with Crippen molar-refractivity contribution >= 4 is 0 Å².